The van der Waals surface area contributed by atoms with Crippen LogP contribution in [0.5, 0.6) is 0 Å². The first-order chi connectivity index (χ1) is 11.4. The second-order valence-corrected chi connectivity index (χ2v) is 8.94. The molecule has 1 aliphatic rings. The van der Waals surface area contributed by atoms with Crippen molar-refractivity contribution in [3.8, 4) is 0 Å². The summed E-state index contributed by atoms with van der Waals surface area (Å²) in [6.07, 6.45) is 9.21. The summed E-state index contributed by atoms with van der Waals surface area (Å²) in [7, 11) is -3.47. The number of hydrogen-bond donors (Lipinski definition) is 0. The van der Waals surface area contributed by atoms with Crippen LogP contribution in [0.3, 0.4) is 0 Å². The molecule has 1 aromatic carbocycles. The van der Waals surface area contributed by atoms with E-state index in [1.54, 1.807) is 16.4 Å². The van der Waals surface area contributed by atoms with Crippen molar-refractivity contribution in [2.75, 3.05) is 6.54 Å². The molecule has 0 amide bonds. The molecule has 5 heteroatoms. The number of halogens is 1. The lowest BCUT2D eigenvalue weighted by molar-refractivity contribution is 0.330. The minimum absolute atomic E-state index is 0.126. The molecule has 0 aliphatic carbocycles. The van der Waals surface area contributed by atoms with Gasteiger partial charge in [0.15, 0.2) is 0 Å². The molecule has 0 radical (unpaired) electrons. The summed E-state index contributed by atoms with van der Waals surface area (Å²) in [4.78, 5) is 0.371. The number of sulfonamides is 1. The largest absolute Gasteiger partial charge is 0.243 e. The maximum atomic E-state index is 13.0. The zero-order valence-electron chi connectivity index (χ0n) is 14.7. The quantitative estimate of drug-likeness (QED) is 0.587. The predicted molar refractivity (Wildman–Crippen MR) is 101 cm³/mol. The van der Waals surface area contributed by atoms with Crippen LogP contribution in [-0.4, -0.2) is 25.3 Å². The van der Waals surface area contributed by atoms with Crippen LogP contribution in [0.15, 0.2) is 40.3 Å². The van der Waals surface area contributed by atoms with E-state index in [-0.39, 0.29) is 6.04 Å². The Kier molecular flexibility index (Phi) is 7.33. The van der Waals surface area contributed by atoms with Gasteiger partial charge in [0.25, 0.3) is 0 Å². The van der Waals surface area contributed by atoms with E-state index in [4.69, 9.17) is 11.6 Å². The number of hydrogen-bond acceptors (Lipinski definition) is 2. The van der Waals surface area contributed by atoms with Crippen molar-refractivity contribution in [1.82, 2.24) is 4.31 Å². The number of benzene rings is 1. The number of rotatable bonds is 8. The number of aryl methyl sites for hydroxylation is 1. The summed E-state index contributed by atoms with van der Waals surface area (Å²) in [5.41, 5.74) is 1.06. The molecule has 1 unspecified atom stereocenters. The molecule has 3 nitrogen and oxygen atoms in total. The van der Waals surface area contributed by atoms with Crippen molar-refractivity contribution < 1.29 is 8.42 Å². The highest BCUT2D eigenvalue weighted by Gasteiger charge is 2.32. The molecule has 0 aromatic heterocycles. The third-order valence-electron chi connectivity index (χ3n) is 4.55. The summed E-state index contributed by atoms with van der Waals surface area (Å²) < 4.78 is 27.6. The Morgan fingerprint density at radius 2 is 1.79 bits per heavy atom. The maximum absolute atomic E-state index is 13.0. The topological polar surface area (TPSA) is 37.4 Å². The van der Waals surface area contributed by atoms with Gasteiger partial charge in [-0.1, -0.05) is 74.4 Å². The first-order valence-corrected chi connectivity index (χ1v) is 10.7. The molecule has 1 aromatic rings. The molecule has 134 valence electrons. The van der Waals surface area contributed by atoms with Crippen LogP contribution >= 0.6 is 11.6 Å². The highest BCUT2D eigenvalue weighted by atomic mass is 35.5. The molecule has 0 spiro atoms. The lowest BCUT2D eigenvalue weighted by Gasteiger charge is -2.32. The highest BCUT2D eigenvalue weighted by Crippen LogP contribution is 2.29. The fraction of sp³-hybridized carbons (Fsp3) is 0.579. The molecule has 0 saturated heterocycles. The predicted octanol–water partition coefficient (Wildman–Crippen LogP) is 5.24. The van der Waals surface area contributed by atoms with Crippen LogP contribution in [0.1, 0.15) is 57.4 Å². The summed E-state index contributed by atoms with van der Waals surface area (Å²) in [5, 5.41) is 0.781. The zero-order valence-corrected chi connectivity index (χ0v) is 16.2. The van der Waals surface area contributed by atoms with Crippen molar-refractivity contribution in [2.45, 2.75) is 69.7 Å². The molecule has 0 fully saturated rings. The van der Waals surface area contributed by atoms with Crippen molar-refractivity contribution in [3.63, 3.8) is 0 Å². The average molecular weight is 370 g/mol. The van der Waals surface area contributed by atoms with Crippen LogP contribution in [0.4, 0.5) is 0 Å². The molecule has 2 rings (SSSR count). The van der Waals surface area contributed by atoms with E-state index in [0.717, 1.165) is 29.9 Å². The van der Waals surface area contributed by atoms with Gasteiger partial charge in [-0.25, -0.2) is 8.42 Å². The molecule has 1 atom stereocenters. The lowest BCUT2D eigenvalue weighted by atomic mass is 10.0. The summed E-state index contributed by atoms with van der Waals surface area (Å²) in [6.45, 7) is 4.61. The molecular formula is C19H28ClNO2S. The zero-order chi connectivity index (χ0) is 17.6. The van der Waals surface area contributed by atoms with Crippen LogP contribution < -0.4 is 0 Å². The van der Waals surface area contributed by atoms with Crippen molar-refractivity contribution >= 4 is 21.6 Å². The smallest absolute Gasteiger partial charge is 0.207 e. The van der Waals surface area contributed by atoms with E-state index in [1.807, 2.05) is 25.1 Å². The normalized spacial score (nSPS) is 19.3. The Hall–Kier alpha value is -0.840. The molecular weight excluding hydrogens is 342 g/mol. The Morgan fingerprint density at radius 1 is 1.12 bits per heavy atom. The van der Waals surface area contributed by atoms with Crippen LogP contribution in [0.2, 0.25) is 0 Å². The van der Waals surface area contributed by atoms with E-state index in [2.05, 4.69) is 6.92 Å². The second-order valence-electron chi connectivity index (χ2n) is 6.56. The summed E-state index contributed by atoms with van der Waals surface area (Å²) in [5.74, 6) is 0. The lowest BCUT2D eigenvalue weighted by Crippen LogP contribution is -2.42. The molecule has 24 heavy (non-hydrogen) atoms. The van der Waals surface area contributed by atoms with Gasteiger partial charge in [-0.05, 0) is 31.9 Å². The second kappa shape index (κ2) is 9.02. The first-order valence-electron chi connectivity index (χ1n) is 8.90. The SMILES string of the molecule is CCCCCCCC1C=C(Cl)CCN1S(=O)(=O)c1ccc(C)cc1. The van der Waals surface area contributed by atoms with Gasteiger partial charge in [-0.2, -0.15) is 4.31 Å². The van der Waals surface area contributed by atoms with Gasteiger partial charge in [0, 0.05) is 17.6 Å². The minimum atomic E-state index is -3.47. The molecule has 1 aliphatic heterocycles. The van der Waals surface area contributed by atoms with Gasteiger partial charge in [0.1, 0.15) is 0 Å². The number of unbranched alkanes of at least 4 members (excludes halogenated alkanes) is 4. The average Bonchev–Trinajstić information content (AvgIpc) is 2.55. The molecule has 0 bridgehead atoms. The first kappa shape index (κ1) is 19.5. The van der Waals surface area contributed by atoms with E-state index < -0.39 is 10.0 Å². The Morgan fingerprint density at radius 3 is 2.46 bits per heavy atom. The van der Waals surface area contributed by atoms with Crippen molar-refractivity contribution in [2.24, 2.45) is 0 Å². The van der Waals surface area contributed by atoms with Crippen molar-refractivity contribution in [3.05, 3.63) is 40.9 Å². The standard InChI is InChI=1S/C19H28ClNO2S/c1-3-4-5-6-7-8-18-15-17(20)13-14-21(18)24(22,23)19-11-9-16(2)10-12-19/h9-12,15,18H,3-8,13-14H2,1-2H3. The van der Waals surface area contributed by atoms with E-state index in [1.165, 1.54) is 19.3 Å². The van der Waals surface area contributed by atoms with Crippen LogP contribution in [0, 0.1) is 6.92 Å². The van der Waals surface area contributed by atoms with Gasteiger partial charge < -0.3 is 0 Å². The van der Waals surface area contributed by atoms with Gasteiger partial charge in [0.2, 0.25) is 10.0 Å². The highest BCUT2D eigenvalue weighted by molar-refractivity contribution is 7.89. The Labute approximate surface area is 151 Å². The Bertz CT molecular complexity index is 652. The minimum Gasteiger partial charge on any atom is -0.207 e. The third-order valence-corrected chi connectivity index (χ3v) is 6.80. The molecule has 1 heterocycles. The molecule has 0 saturated carbocycles. The van der Waals surface area contributed by atoms with Crippen LogP contribution in [-0.2, 0) is 10.0 Å². The summed E-state index contributed by atoms with van der Waals surface area (Å²) in [6, 6.07) is 6.96. The monoisotopic (exact) mass is 369 g/mol. The van der Waals surface area contributed by atoms with Gasteiger partial charge in [-0.3, -0.25) is 0 Å². The fourth-order valence-corrected chi connectivity index (χ4v) is 4.92. The maximum Gasteiger partial charge on any atom is 0.243 e. The van der Waals surface area contributed by atoms with Gasteiger partial charge in [0.05, 0.1) is 4.90 Å². The van der Waals surface area contributed by atoms with E-state index in [9.17, 15) is 8.42 Å². The Balaban J connectivity index is 2.11. The summed E-state index contributed by atoms with van der Waals surface area (Å²) >= 11 is 6.20. The fourth-order valence-electron chi connectivity index (χ4n) is 3.09. The van der Waals surface area contributed by atoms with E-state index in [0.29, 0.717) is 17.9 Å². The molecule has 0 N–H and O–H groups in total. The van der Waals surface area contributed by atoms with E-state index >= 15 is 0 Å². The third kappa shape index (κ3) is 5.08. The number of nitrogens with zero attached hydrogens (tertiary/aromatic N) is 1. The van der Waals surface area contributed by atoms with Gasteiger partial charge >= 0.3 is 0 Å². The van der Waals surface area contributed by atoms with Gasteiger partial charge in [-0.15, -0.1) is 0 Å². The van der Waals surface area contributed by atoms with Crippen molar-refractivity contribution in [1.29, 1.82) is 0 Å². The van der Waals surface area contributed by atoms with Crippen LogP contribution in [0.25, 0.3) is 0 Å².